The fourth-order valence-corrected chi connectivity index (χ4v) is 3.01. The van der Waals surface area contributed by atoms with E-state index >= 15 is 0 Å². The number of methoxy groups -OCH3 is 1. The average molecular weight is 371 g/mol. The summed E-state index contributed by atoms with van der Waals surface area (Å²) < 4.78 is 10.4. The van der Waals surface area contributed by atoms with Crippen molar-refractivity contribution in [3.8, 4) is 11.6 Å². The highest BCUT2D eigenvalue weighted by molar-refractivity contribution is 5.89. The predicted octanol–water partition coefficient (Wildman–Crippen LogP) is 2.54. The van der Waals surface area contributed by atoms with Crippen molar-refractivity contribution in [3.05, 3.63) is 36.2 Å². The summed E-state index contributed by atoms with van der Waals surface area (Å²) in [4.78, 5) is 22.2. The topological polar surface area (TPSA) is 103 Å². The van der Waals surface area contributed by atoms with Crippen molar-refractivity contribution < 1.29 is 14.3 Å². The first-order chi connectivity index (χ1) is 13.2. The van der Waals surface area contributed by atoms with Gasteiger partial charge in [-0.05, 0) is 50.2 Å². The van der Waals surface area contributed by atoms with Crippen LogP contribution in [-0.2, 0) is 4.74 Å². The SMILES string of the molecule is COC(=O)c1ccc(Oc2ncnc(NCCN3CCCCC3)c2N)cc1. The molecule has 0 unspecified atom stereocenters. The van der Waals surface area contributed by atoms with Crippen molar-refractivity contribution in [2.45, 2.75) is 19.3 Å². The van der Waals surface area contributed by atoms with Gasteiger partial charge in [0.05, 0.1) is 12.7 Å². The number of benzene rings is 1. The number of hydrogen-bond acceptors (Lipinski definition) is 8. The lowest BCUT2D eigenvalue weighted by atomic mass is 10.1. The van der Waals surface area contributed by atoms with Crippen LogP contribution in [-0.4, -0.2) is 54.1 Å². The molecule has 1 aromatic heterocycles. The molecule has 8 heteroatoms. The number of nitrogens with zero attached hydrogens (tertiary/aromatic N) is 3. The van der Waals surface area contributed by atoms with Crippen molar-refractivity contribution in [1.29, 1.82) is 0 Å². The third-order valence-electron chi connectivity index (χ3n) is 4.51. The molecule has 0 spiro atoms. The first-order valence-corrected chi connectivity index (χ1v) is 9.10. The van der Waals surface area contributed by atoms with Crippen LogP contribution in [0.1, 0.15) is 29.6 Å². The lowest BCUT2D eigenvalue weighted by Gasteiger charge is -2.26. The van der Waals surface area contributed by atoms with E-state index in [1.165, 1.54) is 32.7 Å². The van der Waals surface area contributed by atoms with E-state index in [-0.39, 0.29) is 5.88 Å². The number of nitrogen functional groups attached to an aromatic ring is 1. The van der Waals surface area contributed by atoms with Gasteiger partial charge in [-0.3, -0.25) is 0 Å². The Balaban J connectivity index is 1.59. The van der Waals surface area contributed by atoms with Gasteiger partial charge in [0.25, 0.3) is 0 Å². The molecule has 144 valence electrons. The van der Waals surface area contributed by atoms with E-state index in [1.807, 2.05) is 0 Å². The number of rotatable bonds is 7. The molecule has 0 atom stereocenters. The van der Waals surface area contributed by atoms with Crippen LogP contribution in [0, 0.1) is 0 Å². The first kappa shape index (κ1) is 18.9. The second-order valence-corrected chi connectivity index (χ2v) is 6.39. The smallest absolute Gasteiger partial charge is 0.337 e. The zero-order valence-corrected chi connectivity index (χ0v) is 15.5. The van der Waals surface area contributed by atoms with Gasteiger partial charge in [0.15, 0.2) is 5.82 Å². The van der Waals surface area contributed by atoms with Gasteiger partial charge in [-0.1, -0.05) is 6.42 Å². The number of carbonyl (C=O) groups excluding carboxylic acids is 1. The van der Waals surface area contributed by atoms with E-state index in [9.17, 15) is 4.79 Å². The van der Waals surface area contributed by atoms with Gasteiger partial charge in [0, 0.05) is 13.1 Å². The Labute approximate surface area is 158 Å². The Morgan fingerprint density at radius 2 is 1.93 bits per heavy atom. The molecule has 1 saturated heterocycles. The largest absolute Gasteiger partial charge is 0.465 e. The average Bonchev–Trinajstić information content (AvgIpc) is 2.71. The highest BCUT2D eigenvalue weighted by atomic mass is 16.5. The summed E-state index contributed by atoms with van der Waals surface area (Å²) in [5.41, 5.74) is 6.95. The Kier molecular flexibility index (Phi) is 6.43. The minimum Gasteiger partial charge on any atom is -0.465 e. The molecule has 0 radical (unpaired) electrons. The first-order valence-electron chi connectivity index (χ1n) is 9.10. The zero-order chi connectivity index (χ0) is 19.1. The van der Waals surface area contributed by atoms with Crippen molar-refractivity contribution in [2.75, 3.05) is 44.3 Å². The van der Waals surface area contributed by atoms with Gasteiger partial charge in [-0.2, -0.15) is 4.98 Å². The van der Waals surface area contributed by atoms with Crippen molar-refractivity contribution >= 4 is 17.5 Å². The Bertz CT molecular complexity index is 760. The molecule has 1 aromatic carbocycles. The quantitative estimate of drug-likeness (QED) is 0.716. The summed E-state index contributed by atoms with van der Waals surface area (Å²) >= 11 is 0. The number of anilines is 2. The number of hydrogen-bond donors (Lipinski definition) is 2. The molecule has 0 aliphatic carbocycles. The third kappa shape index (κ3) is 5.07. The summed E-state index contributed by atoms with van der Waals surface area (Å²) in [7, 11) is 1.34. The number of nitrogens with two attached hydrogens (primary N) is 1. The van der Waals surface area contributed by atoms with Crippen molar-refractivity contribution in [3.63, 3.8) is 0 Å². The maximum Gasteiger partial charge on any atom is 0.337 e. The fraction of sp³-hybridized carbons (Fsp3) is 0.421. The summed E-state index contributed by atoms with van der Waals surface area (Å²) in [5.74, 6) is 0.954. The highest BCUT2D eigenvalue weighted by Crippen LogP contribution is 2.29. The Hall–Kier alpha value is -2.87. The number of aromatic nitrogens is 2. The van der Waals surface area contributed by atoms with Crippen LogP contribution in [0.15, 0.2) is 30.6 Å². The van der Waals surface area contributed by atoms with Crippen molar-refractivity contribution in [1.82, 2.24) is 14.9 Å². The molecule has 0 amide bonds. The van der Waals surface area contributed by atoms with Gasteiger partial charge in [-0.25, -0.2) is 9.78 Å². The third-order valence-corrected chi connectivity index (χ3v) is 4.51. The van der Waals surface area contributed by atoms with E-state index < -0.39 is 5.97 Å². The Morgan fingerprint density at radius 3 is 2.63 bits per heavy atom. The van der Waals surface area contributed by atoms with E-state index in [1.54, 1.807) is 24.3 Å². The molecule has 2 aromatic rings. The van der Waals surface area contributed by atoms with Crippen molar-refractivity contribution in [2.24, 2.45) is 0 Å². The van der Waals surface area contributed by atoms with E-state index in [4.69, 9.17) is 10.5 Å². The van der Waals surface area contributed by atoms with E-state index in [0.29, 0.717) is 22.8 Å². The van der Waals surface area contributed by atoms with Gasteiger partial charge in [-0.15, -0.1) is 0 Å². The van der Waals surface area contributed by atoms with Crippen LogP contribution in [0.4, 0.5) is 11.5 Å². The number of likely N-dealkylation sites (tertiary alicyclic amines) is 1. The second kappa shape index (κ2) is 9.18. The van der Waals surface area contributed by atoms with Crippen LogP contribution >= 0.6 is 0 Å². The fourth-order valence-electron chi connectivity index (χ4n) is 3.01. The van der Waals surface area contributed by atoms with Crippen LogP contribution in [0.5, 0.6) is 11.6 Å². The number of nitrogens with one attached hydrogen (secondary N) is 1. The predicted molar refractivity (Wildman–Crippen MR) is 103 cm³/mol. The molecule has 3 rings (SSSR count). The number of piperidine rings is 1. The van der Waals surface area contributed by atoms with Crippen LogP contribution in [0.2, 0.25) is 0 Å². The van der Waals surface area contributed by atoms with Gasteiger partial charge in [0.2, 0.25) is 5.88 Å². The molecule has 0 saturated carbocycles. The monoisotopic (exact) mass is 371 g/mol. The van der Waals surface area contributed by atoms with Crippen LogP contribution in [0.3, 0.4) is 0 Å². The molecule has 27 heavy (non-hydrogen) atoms. The second-order valence-electron chi connectivity index (χ2n) is 6.39. The van der Waals surface area contributed by atoms with Crippen LogP contribution < -0.4 is 15.8 Å². The number of carbonyl (C=O) groups is 1. The molecular weight excluding hydrogens is 346 g/mol. The zero-order valence-electron chi connectivity index (χ0n) is 15.5. The lowest BCUT2D eigenvalue weighted by molar-refractivity contribution is 0.0600. The van der Waals surface area contributed by atoms with Gasteiger partial charge >= 0.3 is 5.97 Å². The molecule has 2 heterocycles. The minimum atomic E-state index is -0.400. The maximum absolute atomic E-state index is 11.5. The molecular formula is C19H25N5O3. The van der Waals surface area contributed by atoms with E-state index in [0.717, 1.165) is 26.2 Å². The highest BCUT2D eigenvalue weighted by Gasteiger charge is 2.13. The maximum atomic E-state index is 11.5. The summed E-state index contributed by atoms with van der Waals surface area (Å²) in [6.07, 6.45) is 5.27. The van der Waals surface area contributed by atoms with Crippen LogP contribution in [0.25, 0.3) is 0 Å². The minimum absolute atomic E-state index is 0.274. The standard InChI is InChI=1S/C19H25N5O3/c1-26-19(25)14-5-7-15(8-6-14)27-18-16(20)17(22-13-23-18)21-9-12-24-10-3-2-4-11-24/h5-8,13H,2-4,9-12,20H2,1H3,(H,21,22,23). The summed E-state index contributed by atoms with van der Waals surface area (Å²) in [6, 6.07) is 6.57. The molecule has 1 aliphatic rings. The lowest BCUT2D eigenvalue weighted by Crippen LogP contribution is -2.33. The number of esters is 1. The summed E-state index contributed by atoms with van der Waals surface area (Å²) in [6.45, 7) is 4.01. The summed E-state index contributed by atoms with van der Waals surface area (Å²) in [5, 5.41) is 3.26. The molecule has 0 bridgehead atoms. The molecule has 3 N–H and O–H groups in total. The van der Waals surface area contributed by atoms with Gasteiger partial charge in [0.1, 0.15) is 17.8 Å². The van der Waals surface area contributed by atoms with Gasteiger partial charge < -0.3 is 25.4 Å². The molecule has 8 nitrogen and oxygen atoms in total. The Morgan fingerprint density at radius 1 is 1.19 bits per heavy atom. The van der Waals surface area contributed by atoms with E-state index in [2.05, 4.69) is 24.9 Å². The number of ether oxygens (including phenoxy) is 2. The molecule has 1 fully saturated rings. The normalized spacial score (nSPS) is 14.6. The molecule has 1 aliphatic heterocycles.